The van der Waals surface area contributed by atoms with Crippen molar-refractivity contribution in [3.8, 4) is 0 Å². The number of hydrogen-bond donors (Lipinski definition) is 2. The minimum absolute atomic E-state index is 0.390. The molecular weight excluding hydrogens is 166 g/mol. The second-order valence-electron chi connectivity index (χ2n) is 2.86. The van der Waals surface area contributed by atoms with E-state index in [0.717, 1.165) is 11.1 Å². The van der Waals surface area contributed by atoms with Crippen LogP contribution in [0.25, 0.3) is 0 Å². The number of rotatable bonds is 3. The highest BCUT2D eigenvalue weighted by Gasteiger charge is 2.16. The number of carbonyl (C=O) groups excluding carboxylic acids is 1. The van der Waals surface area contributed by atoms with Crippen LogP contribution in [0, 0.1) is 6.92 Å². The van der Waals surface area contributed by atoms with Gasteiger partial charge in [0.1, 0.15) is 6.04 Å². The summed E-state index contributed by atoms with van der Waals surface area (Å²) in [6.45, 7) is 1.92. The fraction of sp³-hybridized carbons (Fsp3) is 0.333. The molecule has 0 fully saturated rings. The van der Waals surface area contributed by atoms with Gasteiger partial charge in [-0.05, 0) is 31.2 Å². The first kappa shape index (κ1) is 9.67. The van der Waals surface area contributed by atoms with Crippen molar-refractivity contribution in [3.63, 3.8) is 0 Å². The van der Waals surface area contributed by atoms with Gasteiger partial charge in [-0.2, -0.15) is 0 Å². The van der Waals surface area contributed by atoms with Crippen LogP contribution in [0.5, 0.6) is 0 Å². The molecule has 1 rings (SSSR count). The van der Waals surface area contributed by atoms with E-state index >= 15 is 0 Å². The number of nitrogens with one attached hydrogen (secondary N) is 1. The maximum Gasteiger partial charge on any atom is 0.239 e. The summed E-state index contributed by atoms with van der Waals surface area (Å²) in [5.74, 6) is -0.390. The van der Waals surface area contributed by atoms with Gasteiger partial charge in [0.15, 0.2) is 0 Å². The molecule has 4 nitrogen and oxygen atoms in total. The molecule has 3 N–H and O–H groups in total. The Bertz CT molecular complexity index is 311. The zero-order chi connectivity index (χ0) is 9.84. The smallest absolute Gasteiger partial charge is 0.239 e. The Balaban J connectivity index is 3.04. The van der Waals surface area contributed by atoms with Crippen molar-refractivity contribution in [2.45, 2.75) is 13.0 Å². The molecule has 0 aliphatic rings. The number of aryl methyl sites for hydroxylation is 1. The van der Waals surface area contributed by atoms with E-state index in [1.807, 2.05) is 13.0 Å². The van der Waals surface area contributed by atoms with Crippen LogP contribution in [-0.2, 0) is 4.79 Å². The van der Waals surface area contributed by atoms with E-state index in [1.54, 1.807) is 19.4 Å². The molecule has 70 valence electrons. The average Bonchev–Trinajstić information content (AvgIpc) is 2.09. The maximum atomic E-state index is 11.0. The molecule has 1 heterocycles. The van der Waals surface area contributed by atoms with Crippen molar-refractivity contribution in [1.82, 2.24) is 10.3 Å². The van der Waals surface area contributed by atoms with Crippen LogP contribution in [0.15, 0.2) is 18.5 Å². The zero-order valence-electron chi connectivity index (χ0n) is 7.74. The topological polar surface area (TPSA) is 68.0 Å². The molecular formula is C9H13N3O. The fourth-order valence-corrected chi connectivity index (χ4v) is 1.23. The standard InChI is InChI=1S/C9H13N3O/c1-6-3-4-12-5-7(6)8(11-2)9(10)13/h3-5,8,11H,1-2H3,(H2,10,13). The summed E-state index contributed by atoms with van der Waals surface area (Å²) in [4.78, 5) is 15.0. The highest BCUT2D eigenvalue weighted by Crippen LogP contribution is 2.14. The summed E-state index contributed by atoms with van der Waals surface area (Å²) < 4.78 is 0. The van der Waals surface area contributed by atoms with Gasteiger partial charge in [-0.1, -0.05) is 0 Å². The number of amides is 1. The molecule has 1 aromatic heterocycles. The van der Waals surface area contributed by atoms with Gasteiger partial charge in [-0.3, -0.25) is 9.78 Å². The molecule has 0 saturated carbocycles. The van der Waals surface area contributed by atoms with E-state index in [-0.39, 0.29) is 0 Å². The normalized spacial score (nSPS) is 12.5. The zero-order valence-corrected chi connectivity index (χ0v) is 7.74. The summed E-state index contributed by atoms with van der Waals surface area (Å²) in [5, 5.41) is 2.84. The van der Waals surface area contributed by atoms with E-state index in [9.17, 15) is 4.79 Å². The van der Waals surface area contributed by atoms with E-state index in [2.05, 4.69) is 10.3 Å². The maximum absolute atomic E-state index is 11.0. The lowest BCUT2D eigenvalue weighted by Crippen LogP contribution is -2.31. The van der Waals surface area contributed by atoms with Crippen LogP contribution in [-0.4, -0.2) is 17.9 Å². The van der Waals surface area contributed by atoms with E-state index in [4.69, 9.17) is 5.73 Å². The summed E-state index contributed by atoms with van der Waals surface area (Å²) in [6, 6.07) is 1.40. The van der Waals surface area contributed by atoms with Crippen LogP contribution in [0.1, 0.15) is 17.2 Å². The number of pyridine rings is 1. The number of likely N-dealkylation sites (N-methyl/N-ethyl adjacent to an activating group) is 1. The monoisotopic (exact) mass is 179 g/mol. The number of aromatic nitrogens is 1. The van der Waals surface area contributed by atoms with Gasteiger partial charge < -0.3 is 11.1 Å². The third kappa shape index (κ3) is 2.03. The van der Waals surface area contributed by atoms with Gasteiger partial charge in [0, 0.05) is 12.4 Å². The summed E-state index contributed by atoms with van der Waals surface area (Å²) in [6.07, 6.45) is 3.34. The second kappa shape index (κ2) is 4.00. The number of hydrogen-bond acceptors (Lipinski definition) is 3. The van der Waals surface area contributed by atoms with Gasteiger partial charge in [0.05, 0.1) is 0 Å². The minimum atomic E-state index is -0.450. The first-order valence-electron chi connectivity index (χ1n) is 4.04. The van der Waals surface area contributed by atoms with Crippen molar-refractivity contribution in [3.05, 3.63) is 29.6 Å². The third-order valence-corrected chi connectivity index (χ3v) is 1.96. The Morgan fingerprint density at radius 3 is 2.85 bits per heavy atom. The molecule has 0 radical (unpaired) electrons. The largest absolute Gasteiger partial charge is 0.368 e. The number of nitrogens with zero attached hydrogens (tertiary/aromatic N) is 1. The molecule has 4 heteroatoms. The first-order chi connectivity index (χ1) is 6.16. The van der Waals surface area contributed by atoms with Crippen molar-refractivity contribution in [2.75, 3.05) is 7.05 Å². The van der Waals surface area contributed by atoms with Gasteiger partial charge in [0.2, 0.25) is 5.91 Å². The van der Waals surface area contributed by atoms with Crippen molar-refractivity contribution >= 4 is 5.91 Å². The van der Waals surface area contributed by atoms with Crippen LogP contribution in [0.4, 0.5) is 0 Å². The van der Waals surface area contributed by atoms with Gasteiger partial charge in [0.25, 0.3) is 0 Å². The number of primary amides is 1. The van der Waals surface area contributed by atoms with Gasteiger partial charge in [-0.25, -0.2) is 0 Å². The quantitative estimate of drug-likeness (QED) is 0.693. The molecule has 1 atom stereocenters. The Morgan fingerprint density at radius 1 is 1.69 bits per heavy atom. The molecule has 1 amide bonds. The van der Waals surface area contributed by atoms with Crippen molar-refractivity contribution in [2.24, 2.45) is 5.73 Å². The van der Waals surface area contributed by atoms with Crippen molar-refractivity contribution in [1.29, 1.82) is 0 Å². The summed E-state index contributed by atoms with van der Waals surface area (Å²) in [7, 11) is 1.70. The van der Waals surface area contributed by atoms with Gasteiger partial charge in [-0.15, -0.1) is 0 Å². The molecule has 1 unspecified atom stereocenters. The third-order valence-electron chi connectivity index (χ3n) is 1.96. The molecule has 0 spiro atoms. The SMILES string of the molecule is CNC(C(N)=O)c1cnccc1C. The number of nitrogens with two attached hydrogens (primary N) is 1. The molecule has 0 saturated heterocycles. The second-order valence-corrected chi connectivity index (χ2v) is 2.86. The Labute approximate surface area is 77.2 Å². The number of carbonyl (C=O) groups is 1. The Kier molecular flexibility index (Phi) is 2.97. The summed E-state index contributed by atoms with van der Waals surface area (Å²) >= 11 is 0. The molecule has 0 aromatic carbocycles. The van der Waals surface area contributed by atoms with Crippen molar-refractivity contribution < 1.29 is 4.79 Å². The minimum Gasteiger partial charge on any atom is -0.368 e. The van der Waals surface area contributed by atoms with E-state index in [0.29, 0.717) is 0 Å². The highest BCUT2D eigenvalue weighted by atomic mass is 16.1. The molecule has 1 aromatic rings. The van der Waals surface area contributed by atoms with Gasteiger partial charge >= 0.3 is 0 Å². The summed E-state index contributed by atoms with van der Waals surface area (Å²) in [5.41, 5.74) is 7.06. The fourth-order valence-electron chi connectivity index (χ4n) is 1.23. The first-order valence-corrected chi connectivity index (χ1v) is 4.04. The van der Waals surface area contributed by atoms with Crippen LogP contribution in [0.2, 0.25) is 0 Å². The predicted octanol–water partition coefficient (Wildman–Crippen LogP) is 0.136. The predicted molar refractivity (Wildman–Crippen MR) is 50.0 cm³/mol. The lowest BCUT2D eigenvalue weighted by Gasteiger charge is -2.13. The molecule has 0 aliphatic heterocycles. The van der Waals surface area contributed by atoms with E-state index < -0.39 is 11.9 Å². The molecule has 0 bridgehead atoms. The Hall–Kier alpha value is -1.42. The van der Waals surface area contributed by atoms with E-state index in [1.165, 1.54) is 0 Å². The highest BCUT2D eigenvalue weighted by molar-refractivity contribution is 5.81. The Morgan fingerprint density at radius 2 is 2.38 bits per heavy atom. The van der Waals surface area contributed by atoms with Crippen LogP contribution >= 0.6 is 0 Å². The lowest BCUT2D eigenvalue weighted by atomic mass is 10.0. The molecule has 0 aliphatic carbocycles. The molecule has 13 heavy (non-hydrogen) atoms. The average molecular weight is 179 g/mol. The lowest BCUT2D eigenvalue weighted by molar-refractivity contribution is -0.120. The van der Waals surface area contributed by atoms with Crippen LogP contribution in [0.3, 0.4) is 0 Å². The van der Waals surface area contributed by atoms with Crippen LogP contribution < -0.4 is 11.1 Å².